The van der Waals surface area contributed by atoms with Crippen LogP contribution in [-0.2, 0) is 0 Å². The van der Waals surface area contributed by atoms with E-state index in [0.29, 0.717) is 6.04 Å². The molecule has 0 saturated heterocycles. The van der Waals surface area contributed by atoms with Crippen LogP contribution in [0.25, 0.3) is 0 Å². The molecule has 1 N–H and O–H groups in total. The molecule has 0 fully saturated rings. The van der Waals surface area contributed by atoms with Crippen LogP contribution in [0.2, 0.25) is 0 Å². The van der Waals surface area contributed by atoms with E-state index in [1.807, 2.05) is 13.1 Å². The Morgan fingerprint density at radius 3 is 2.56 bits per heavy atom. The first-order chi connectivity index (χ1) is 8.69. The minimum Gasteiger partial charge on any atom is -0.493 e. The Balaban J connectivity index is 2.59. The Morgan fingerprint density at radius 2 is 1.94 bits per heavy atom. The minimum atomic E-state index is 0.381. The van der Waals surface area contributed by atoms with Crippen LogP contribution in [-0.4, -0.2) is 13.7 Å². The van der Waals surface area contributed by atoms with Crippen molar-refractivity contribution in [1.29, 1.82) is 0 Å². The molecule has 1 aromatic carbocycles. The van der Waals surface area contributed by atoms with E-state index in [0.717, 1.165) is 31.1 Å². The zero-order valence-electron chi connectivity index (χ0n) is 12.2. The molecule has 0 bridgehead atoms. The van der Waals surface area contributed by atoms with Gasteiger partial charge >= 0.3 is 0 Å². The Labute approximate surface area is 112 Å². The second-order valence-electron chi connectivity index (χ2n) is 5.17. The molecule has 1 atom stereocenters. The summed E-state index contributed by atoms with van der Waals surface area (Å²) in [5.41, 5.74) is 1.27. The van der Waals surface area contributed by atoms with Crippen molar-refractivity contribution in [3.63, 3.8) is 0 Å². The van der Waals surface area contributed by atoms with Crippen LogP contribution in [0.1, 0.15) is 51.6 Å². The molecule has 0 aliphatic rings. The summed E-state index contributed by atoms with van der Waals surface area (Å²) < 4.78 is 5.93. The van der Waals surface area contributed by atoms with E-state index in [2.05, 4.69) is 44.3 Å². The molecule has 0 spiro atoms. The van der Waals surface area contributed by atoms with E-state index in [1.54, 1.807) is 0 Å². The lowest BCUT2D eigenvalue weighted by atomic mass is 10.0. The molecule has 0 radical (unpaired) electrons. The highest BCUT2D eigenvalue weighted by molar-refractivity contribution is 5.35. The van der Waals surface area contributed by atoms with Crippen LogP contribution in [0.3, 0.4) is 0 Å². The first-order valence-electron chi connectivity index (χ1n) is 7.08. The number of benzene rings is 1. The van der Waals surface area contributed by atoms with Crippen LogP contribution in [0, 0.1) is 5.92 Å². The summed E-state index contributed by atoms with van der Waals surface area (Å²) in [6.07, 6.45) is 3.43. The van der Waals surface area contributed by atoms with E-state index < -0.39 is 0 Å². The summed E-state index contributed by atoms with van der Waals surface area (Å²) in [5, 5.41) is 3.34. The smallest absolute Gasteiger partial charge is 0.124 e. The predicted octanol–water partition coefficient (Wildman–Crippen LogP) is 4.17. The standard InChI is InChI=1S/C16H27NO/c1-5-15(17-4)14-10-6-7-11-16(14)18-12-8-9-13(2)3/h6-7,10-11,13,15,17H,5,8-9,12H2,1-4H3. The molecule has 0 saturated carbocycles. The molecule has 18 heavy (non-hydrogen) atoms. The number of nitrogens with one attached hydrogen (secondary N) is 1. The fourth-order valence-corrected chi connectivity index (χ4v) is 2.15. The summed E-state index contributed by atoms with van der Waals surface area (Å²) in [5.74, 6) is 1.78. The quantitative estimate of drug-likeness (QED) is 0.698. The highest BCUT2D eigenvalue weighted by Gasteiger charge is 2.11. The Bertz CT molecular complexity index is 332. The molecule has 2 heteroatoms. The Morgan fingerprint density at radius 1 is 1.22 bits per heavy atom. The monoisotopic (exact) mass is 249 g/mol. The third kappa shape index (κ3) is 4.69. The number of hydrogen-bond donors (Lipinski definition) is 1. The van der Waals surface area contributed by atoms with Gasteiger partial charge in [0.15, 0.2) is 0 Å². The zero-order chi connectivity index (χ0) is 13.4. The van der Waals surface area contributed by atoms with Gasteiger partial charge in [-0.15, -0.1) is 0 Å². The van der Waals surface area contributed by atoms with Gasteiger partial charge in [0.1, 0.15) is 5.75 Å². The summed E-state index contributed by atoms with van der Waals surface area (Å²) in [7, 11) is 2.00. The Kier molecular flexibility index (Phi) is 6.81. The summed E-state index contributed by atoms with van der Waals surface area (Å²) in [4.78, 5) is 0. The maximum atomic E-state index is 5.93. The minimum absolute atomic E-state index is 0.381. The van der Waals surface area contributed by atoms with Crippen LogP contribution >= 0.6 is 0 Å². The second-order valence-corrected chi connectivity index (χ2v) is 5.17. The normalized spacial score (nSPS) is 12.7. The fraction of sp³-hybridized carbons (Fsp3) is 0.625. The van der Waals surface area contributed by atoms with Gasteiger partial charge in [-0.1, -0.05) is 39.0 Å². The molecule has 0 heterocycles. The van der Waals surface area contributed by atoms with Gasteiger partial charge in [-0.25, -0.2) is 0 Å². The van der Waals surface area contributed by atoms with Crippen LogP contribution in [0.5, 0.6) is 5.75 Å². The van der Waals surface area contributed by atoms with Crippen molar-refractivity contribution in [2.24, 2.45) is 5.92 Å². The van der Waals surface area contributed by atoms with Crippen LogP contribution in [0.15, 0.2) is 24.3 Å². The van der Waals surface area contributed by atoms with Gasteiger partial charge in [-0.05, 0) is 38.3 Å². The van der Waals surface area contributed by atoms with Gasteiger partial charge in [-0.3, -0.25) is 0 Å². The van der Waals surface area contributed by atoms with Gasteiger partial charge in [0.2, 0.25) is 0 Å². The number of para-hydroxylation sites is 1. The van der Waals surface area contributed by atoms with Gasteiger partial charge in [-0.2, -0.15) is 0 Å². The second kappa shape index (κ2) is 8.15. The largest absolute Gasteiger partial charge is 0.493 e. The topological polar surface area (TPSA) is 21.3 Å². The fourth-order valence-electron chi connectivity index (χ4n) is 2.15. The van der Waals surface area contributed by atoms with E-state index in [1.165, 1.54) is 12.0 Å². The van der Waals surface area contributed by atoms with Crippen molar-refractivity contribution in [1.82, 2.24) is 5.32 Å². The van der Waals surface area contributed by atoms with Gasteiger partial charge in [0, 0.05) is 11.6 Å². The number of hydrogen-bond acceptors (Lipinski definition) is 2. The summed E-state index contributed by atoms with van der Waals surface area (Å²) in [6.45, 7) is 7.51. The zero-order valence-corrected chi connectivity index (χ0v) is 12.2. The van der Waals surface area contributed by atoms with Crippen LogP contribution < -0.4 is 10.1 Å². The van der Waals surface area contributed by atoms with E-state index in [9.17, 15) is 0 Å². The SMILES string of the molecule is CCC(NC)c1ccccc1OCCCC(C)C. The number of rotatable bonds is 8. The molecule has 0 aliphatic carbocycles. The highest BCUT2D eigenvalue weighted by Crippen LogP contribution is 2.27. The average Bonchev–Trinajstić information content (AvgIpc) is 2.37. The molecular weight excluding hydrogens is 222 g/mol. The van der Waals surface area contributed by atoms with E-state index in [-0.39, 0.29) is 0 Å². The van der Waals surface area contributed by atoms with Crippen molar-refractivity contribution in [2.75, 3.05) is 13.7 Å². The van der Waals surface area contributed by atoms with Crippen molar-refractivity contribution >= 4 is 0 Å². The number of ether oxygens (including phenoxy) is 1. The lowest BCUT2D eigenvalue weighted by Crippen LogP contribution is -2.16. The summed E-state index contributed by atoms with van der Waals surface area (Å²) in [6, 6.07) is 8.74. The van der Waals surface area contributed by atoms with Crippen molar-refractivity contribution < 1.29 is 4.74 Å². The maximum absolute atomic E-state index is 5.93. The first kappa shape index (κ1) is 15.0. The highest BCUT2D eigenvalue weighted by atomic mass is 16.5. The molecular formula is C16H27NO. The first-order valence-corrected chi connectivity index (χ1v) is 7.08. The van der Waals surface area contributed by atoms with Crippen molar-refractivity contribution in [3.05, 3.63) is 29.8 Å². The Hall–Kier alpha value is -1.02. The molecule has 0 amide bonds. The van der Waals surface area contributed by atoms with E-state index in [4.69, 9.17) is 4.74 Å². The molecule has 2 nitrogen and oxygen atoms in total. The third-order valence-corrected chi connectivity index (χ3v) is 3.23. The molecule has 1 unspecified atom stereocenters. The van der Waals surface area contributed by atoms with Gasteiger partial charge < -0.3 is 10.1 Å². The lowest BCUT2D eigenvalue weighted by Gasteiger charge is -2.18. The van der Waals surface area contributed by atoms with Gasteiger partial charge in [0.05, 0.1) is 6.61 Å². The van der Waals surface area contributed by atoms with E-state index >= 15 is 0 Å². The van der Waals surface area contributed by atoms with Crippen molar-refractivity contribution in [3.8, 4) is 5.75 Å². The van der Waals surface area contributed by atoms with Crippen LogP contribution in [0.4, 0.5) is 0 Å². The average molecular weight is 249 g/mol. The predicted molar refractivity (Wildman–Crippen MR) is 78.1 cm³/mol. The molecule has 1 rings (SSSR count). The van der Waals surface area contributed by atoms with Gasteiger partial charge in [0.25, 0.3) is 0 Å². The molecule has 1 aromatic rings. The molecule has 0 aromatic heterocycles. The third-order valence-electron chi connectivity index (χ3n) is 3.23. The summed E-state index contributed by atoms with van der Waals surface area (Å²) >= 11 is 0. The molecule has 0 aliphatic heterocycles. The molecule has 102 valence electrons. The maximum Gasteiger partial charge on any atom is 0.124 e. The lowest BCUT2D eigenvalue weighted by molar-refractivity contribution is 0.292. The van der Waals surface area contributed by atoms with Crippen molar-refractivity contribution in [2.45, 2.75) is 46.1 Å².